The minimum atomic E-state index is -0.328. The Morgan fingerprint density at radius 3 is 2.38 bits per heavy atom. The predicted molar refractivity (Wildman–Crippen MR) is 99.6 cm³/mol. The third-order valence-electron chi connectivity index (χ3n) is 4.62. The van der Waals surface area contributed by atoms with Gasteiger partial charge in [-0.2, -0.15) is 0 Å². The summed E-state index contributed by atoms with van der Waals surface area (Å²) in [7, 11) is 3.04. The van der Waals surface area contributed by atoms with Crippen LogP contribution < -0.4 is 9.47 Å². The van der Waals surface area contributed by atoms with Crippen LogP contribution in [-0.4, -0.2) is 35.8 Å². The lowest BCUT2D eigenvalue weighted by Gasteiger charge is -2.18. The van der Waals surface area contributed by atoms with Gasteiger partial charge in [-0.15, -0.1) is 0 Å². The number of imidazole rings is 1. The summed E-state index contributed by atoms with van der Waals surface area (Å²) < 4.78 is 12.4. The Bertz CT molecular complexity index is 791. The number of carbonyl (C=O) groups excluding carboxylic acids is 2. The van der Waals surface area contributed by atoms with Gasteiger partial charge in [0.25, 0.3) is 0 Å². The second kappa shape index (κ2) is 8.65. The molecule has 2 rings (SSSR count). The van der Waals surface area contributed by atoms with Crippen molar-refractivity contribution in [1.29, 1.82) is 0 Å². The Balaban J connectivity index is 2.61. The van der Waals surface area contributed by atoms with Crippen molar-refractivity contribution in [1.82, 2.24) is 9.55 Å². The molecule has 1 aromatic heterocycles. The Labute approximate surface area is 154 Å². The molecule has 0 saturated carbocycles. The SMILES string of the molecule is CCc1nc(C(=O)c2ccc(OC)cc2OC)c(C=O)n1C(CC)CC. The number of aldehydes is 1. The van der Waals surface area contributed by atoms with E-state index in [1.165, 1.54) is 7.11 Å². The van der Waals surface area contributed by atoms with E-state index < -0.39 is 0 Å². The Kier molecular flexibility index (Phi) is 6.55. The van der Waals surface area contributed by atoms with Crippen LogP contribution in [0.25, 0.3) is 0 Å². The number of hydrogen-bond donors (Lipinski definition) is 0. The second-order valence-electron chi connectivity index (χ2n) is 5.97. The predicted octanol–water partition coefficient (Wildman–Crippen LogP) is 3.87. The van der Waals surface area contributed by atoms with E-state index in [9.17, 15) is 9.59 Å². The number of hydrogen-bond acceptors (Lipinski definition) is 5. The number of carbonyl (C=O) groups is 2. The molecule has 0 unspecified atom stereocenters. The van der Waals surface area contributed by atoms with Crippen molar-refractivity contribution in [3.05, 3.63) is 41.0 Å². The van der Waals surface area contributed by atoms with Crippen LogP contribution in [0.2, 0.25) is 0 Å². The van der Waals surface area contributed by atoms with Gasteiger partial charge in [-0.05, 0) is 25.0 Å². The van der Waals surface area contributed by atoms with Gasteiger partial charge in [-0.3, -0.25) is 9.59 Å². The summed E-state index contributed by atoms with van der Waals surface area (Å²) in [5.41, 5.74) is 0.860. The zero-order chi connectivity index (χ0) is 19.3. The van der Waals surface area contributed by atoms with Crippen LogP contribution in [0.3, 0.4) is 0 Å². The van der Waals surface area contributed by atoms with Crippen LogP contribution in [0.5, 0.6) is 11.5 Å². The smallest absolute Gasteiger partial charge is 0.217 e. The maximum absolute atomic E-state index is 13.1. The van der Waals surface area contributed by atoms with E-state index in [-0.39, 0.29) is 17.5 Å². The molecule has 0 aliphatic carbocycles. The molecule has 0 amide bonds. The van der Waals surface area contributed by atoms with Gasteiger partial charge >= 0.3 is 0 Å². The van der Waals surface area contributed by atoms with Crippen molar-refractivity contribution in [2.75, 3.05) is 14.2 Å². The zero-order valence-corrected chi connectivity index (χ0v) is 16.0. The number of rotatable bonds is 9. The number of aryl methyl sites for hydroxylation is 1. The van der Waals surface area contributed by atoms with Gasteiger partial charge in [0.1, 0.15) is 28.7 Å². The van der Waals surface area contributed by atoms with Gasteiger partial charge in [0.2, 0.25) is 5.78 Å². The first-order chi connectivity index (χ1) is 12.6. The topological polar surface area (TPSA) is 70.4 Å². The summed E-state index contributed by atoms with van der Waals surface area (Å²) in [6, 6.07) is 5.11. The monoisotopic (exact) mass is 358 g/mol. The van der Waals surface area contributed by atoms with E-state index in [1.54, 1.807) is 25.3 Å². The Morgan fingerprint density at radius 2 is 1.88 bits per heavy atom. The van der Waals surface area contributed by atoms with Gasteiger partial charge < -0.3 is 14.0 Å². The molecule has 1 aromatic carbocycles. The molecular weight excluding hydrogens is 332 g/mol. The molecule has 0 N–H and O–H groups in total. The van der Waals surface area contributed by atoms with Crippen molar-refractivity contribution in [2.24, 2.45) is 0 Å². The van der Waals surface area contributed by atoms with E-state index in [1.807, 2.05) is 11.5 Å². The van der Waals surface area contributed by atoms with Crippen LogP contribution in [0.4, 0.5) is 0 Å². The Morgan fingerprint density at radius 1 is 1.19 bits per heavy atom. The summed E-state index contributed by atoms with van der Waals surface area (Å²) in [6.45, 7) is 6.10. The van der Waals surface area contributed by atoms with E-state index in [2.05, 4.69) is 18.8 Å². The van der Waals surface area contributed by atoms with Crippen LogP contribution in [-0.2, 0) is 6.42 Å². The first-order valence-corrected chi connectivity index (χ1v) is 8.89. The largest absolute Gasteiger partial charge is 0.497 e. The Hall–Kier alpha value is -2.63. The molecule has 6 heteroatoms. The average Bonchev–Trinajstić information content (AvgIpc) is 3.06. The summed E-state index contributed by atoms with van der Waals surface area (Å²) in [6.07, 6.45) is 3.10. The average molecular weight is 358 g/mol. The highest BCUT2D eigenvalue weighted by Crippen LogP contribution is 2.29. The first kappa shape index (κ1) is 19.7. The fourth-order valence-electron chi connectivity index (χ4n) is 3.20. The third kappa shape index (κ3) is 3.49. The van der Waals surface area contributed by atoms with Crippen LogP contribution in [0.15, 0.2) is 18.2 Å². The molecule has 6 nitrogen and oxygen atoms in total. The maximum Gasteiger partial charge on any atom is 0.217 e. The number of ether oxygens (including phenoxy) is 2. The van der Waals surface area contributed by atoms with E-state index in [0.717, 1.165) is 25.0 Å². The number of nitrogens with zero attached hydrogens (tertiary/aromatic N) is 2. The summed E-state index contributed by atoms with van der Waals surface area (Å²) in [5, 5.41) is 0. The number of ketones is 1. The van der Waals surface area contributed by atoms with E-state index in [0.29, 0.717) is 29.2 Å². The lowest BCUT2D eigenvalue weighted by molar-refractivity contribution is 0.102. The van der Waals surface area contributed by atoms with E-state index >= 15 is 0 Å². The number of aromatic nitrogens is 2. The zero-order valence-electron chi connectivity index (χ0n) is 16.0. The molecule has 0 radical (unpaired) electrons. The van der Waals surface area contributed by atoms with Crippen LogP contribution >= 0.6 is 0 Å². The molecule has 140 valence electrons. The normalized spacial score (nSPS) is 10.8. The van der Waals surface area contributed by atoms with Gasteiger partial charge in [0.05, 0.1) is 19.8 Å². The highest BCUT2D eigenvalue weighted by Gasteiger charge is 2.27. The highest BCUT2D eigenvalue weighted by atomic mass is 16.5. The standard InChI is InChI=1S/C20H26N2O4/c1-6-13(7-2)22-16(12-23)19(21-18(22)8-3)20(24)15-10-9-14(25-4)11-17(15)26-5/h9-13H,6-8H2,1-5H3. The maximum atomic E-state index is 13.1. The molecule has 0 bridgehead atoms. The lowest BCUT2D eigenvalue weighted by atomic mass is 10.0. The molecule has 0 atom stereocenters. The third-order valence-corrected chi connectivity index (χ3v) is 4.62. The molecular formula is C20H26N2O4. The van der Waals surface area contributed by atoms with Crippen LogP contribution in [0, 0.1) is 0 Å². The molecule has 0 aliphatic rings. The number of methoxy groups -OCH3 is 2. The molecule has 26 heavy (non-hydrogen) atoms. The summed E-state index contributed by atoms with van der Waals surface area (Å²) in [4.78, 5) is 29.5. The minimum Gasteiger partial charge on any atom is -0.497 e. The van der Waals surface area contributed by atoms with Gasteiger partial charge in [0, 0.05) is 18.5 Å². The van der Waals surface area contributed by atoms with Crippen molar-refractivity contribution in [2.45, 2.75) is 46.1 Å². The summed E-state index contributed by atoms with van der Waals surface area (Å²) >= 11 is 0. The fourth-order valence-corrected chi connectivity index (χ4v) is 3.20. The molecule has 0 saturated heterocycles. The molecule has 0 fully saturated rings. The first-order valence-electron chi connectivity index (χ1n) is 8.89. The molecule has 0 aliphatic heterocycles. The fraction of sp³-hybridized carbons (Fsp3) is 0.450. The van der Waals surface area contributed by atoms with Gasteiger partial charge in [0.15, 0.2) is 6.29 Å². The summed E-state index contributed by atoms with van der Waals surface area (Å²) in [5.74, 6) is 1.40. The second-order valence-corrected chi connectivity index (χ2v) is 5.97. The molecule has 0 spiro atoms. The van der Waals surface area contributed by atoms with Crippen molar-refractivity contribution >= 4 is 12.1 Å². The van der Waals surface area contributed by atoms with Crippen molar-refractivity contribution in [3.63, 3.8) is 0 Å². The number of benzene rings is 1. The van der Waals surface area contributed by atoms with Crippen LogP contribution in [0.1, 0.15) is 72.0 Å². The lowest BCUT2D eigenvalue weighted by Crippen LogP contribution is -2.15. The van der Waals surface area contributed by atoms with Crippen molar-refractivity contribution < 1.29 is 19.1 Å². The van der Waals surface area contributed by atoms with Gasteiger partial charge in [-0.1, -0.05) is 20.8 Å². The van der Waals surface area contributed by atoms with Crippen molar-refractivity contribution in [3.8, 4) is 11.5 Å². The minimum absolute atomic E-state index is 0.136. The molecule has 2 aromatic rings. The molecule has 1 heterocycles. The van der Waals surface area contributed by atoms with Gasteiger partial charge in [-0.25, -0.2) is 4.98 Å². The quantitative estimate of drug-likeness (QED) is 0.503. The highest BCUT2D eigenvalue weighted by molar-refractivity contribution is 6.12. The van der Waals surface area contributed by atoms with E-state index in [4.69, 9.17) is 9.47 Å².